The van der Waals surface area contributed by atoms with Crippen LogP contribution in [-0.4, -0.2) is 20.1 Å². The number of halogens is 1. The highest BCUT2D eigenvalue weighted by Gasteiger charge is 2.34. The van der Waals surface area contributed by atoms with E-state index in [-0.39, 0.29) is 17.3 Å². The maximum Gasteiger partial charge on any atom is 0.269 e. The van der Waals surface area contributed by atoms with Crippen molar-refractivity contribution in [3.63, 3.8) is 0 Å². The fourth-order valence-electron chi connectivity index (χ4n) is 2.82. The van der Waals surface area contributed by atoms with Crippen LogP contribution in [0.2, 0.25) is 0 Å². The third-order valence-corrected chi connectivity index (χ3v) is 5.82. The van der Waals surface area contributed by atoms with Gasteiger partial charge in [-0.25, -0.2) is 8.42 Å². The molecule has 0 fully saturated rings. The minimum absolute atomic E-state index is 0. The van der Waals surface area contributed by atoms with Gasteiger partial charge < -0.3 is 10.3 Å². The van der Waals surface area contributed by atoms with Crippen LogP contribution >= 0.6 is 12.4 Å². The van der Waals surface area contributed by atoms with E-state index < -0.39 is 10.0 Å². The van der Waals surface area contributed by atoms with E-state index in [9.17, 15) is 8.42 Å². The lowest BCUT2D eigenvalue weighted by Gasteiger charge is -2.31. The van der Waals surface area contributed by atoms with Gasteiger partial charge in [-0.3, -0.25) is 4.31 Å². The van der Waals surface area contributed by atoms with Gasteiger partial charge in [0.2, 0.25) is 0 Å². The van der Waals surface area contributed by atoms with Gasteiger partial charge in [0.15, 0.2) is 10.7 Å². The molecule has 1 aromatic heterocycles. The molecule has 2 N–H and O–H groups in total. The summed E-state index contributed by atoms with van der Waals surface area (Å²) >= 11 is 0. The summed E-state index contributed by atoms with van der Waals surface area (Å²) in [5, 5.41) is 3.75. The van der Waals surface area contributed by atoms with Crippen molar-refractivity contribution in [1.29, 1.82) is 0 Å². The molecule has 1 aliphatic heterocycles. The molecule has 0 amide bonds. The van der Waals surface area contributed by atoms with Gasteiger partial charge in [-0.1, -0.05) is 11.2 Å². The summed E-state index contributed by atoms with van der Waals surface area (Å²) in [5.74, 6) is 0.309. The van der Waals surface area contributed by atoms with Crippen LogP contribution in [0.15, 0.2) is 27.6 Å². The Labute approximate surface area is 135 Å². The summed E-state index contributed by atoms with van der Waals surface area (Å²) in [6.45, 7) is 3.67. The summed E-state index contributed by atoms with van der Waals surface area (Å²) in [4.78, 5) is 0.151. The molecule has 1 aliphatic rings. The van der Waals surface area contributed by atoms with E-state index >= 15 is 0 Å². The summed E-state index contributed by atoms with van der Waals surface area (Å²) in [6, 6.07) is 5.36. The van der Waals surface area contributed by atoms with Crippen molar-refractivity contribution >= 4 is 33.8 Å². The van der Waals surface area contributed by atoms with Crippen LogP contribution in [0.5, 0.6) is 0 Å². The number of sulfonamides is 1. The lowest BCUT2D eigenvalue weighted by molar-refractivity contribution is 0.390. The van der Waals surface area contributed by atoms with Crippen molar-refractivity contribution in [2.45, 2.75) is 31.6 Å². The van der Waals surface area contributed by atoms with Crippen molar-refractivity contribution in [2.75, 3.05) is 16.6 Å². The second-order valence-electron chi connectivity index (χ2n) is 5.18. The molecular formula is C14H18ClN3O3S. The minimum atomic E-state index is -3.69. The van der Waals surface area contributed by atoms with Gasteiger partial charge in [0.1, 0.15) is 5.69 Å². The Morgan fingerprint density at radius 3 is 2.68 bits per heavy atom. The van der Waals surface area contributed by atoms with E-state index in [1.807, 2.05) is 0 Å². The van der Waals surface area contributed by atoms with Gasteiger partial charge in [-0.2, -0.15) is 0 Å². The Kier molecular flexibility index (Phi) is 4.39. The molecule has 0 unspecified atom stereocenters. The molecule has 120 valence electrons. The molecule has 0 atom stereocenters. The number of fused-ring (bicyclic) bond motifs is 1. The average Bonchev–Trinajstić information content (AvgIpc) is 2.78. The van der Waals surface area contributed by atoms with Crippen LogP contribution < -0.4 is 10.0 Å². The first-order valence-electron chi connectivity index (χ1n) is 6.76. The molecule has 2 aromatic rings. The maximum atomic E-state index is 12.9. The molecule has 2 heterocycles. The van der Waals surface area contributed by atoms with Crippen molar-refractivity contribution in [2.24, 2.45) is 0 Å². The highest BCUT2D eigenvalue weighted by Crippen LogP contribution is 2.36. The van der Waals surface area contributed by atoms with Gasteiger partial charge in [0, 0.05) is 12.2 Å². The van der Waals surface area contributed by atoms with Crippen LogP contribution in [0.25, 0.3) is 0 Å². The number of aromatic nitrogens is 1. The second kappa shape index (κ2) is 5.81. The van der Waals surface area contributed by atoms with Gasteiger partial charge >= 0.3 is 0 Å². The number of benzene rings is 1. The van der Waals surface area contributed by atoms with E-state index in [1.54, 1.807) is 32.0 Å². The number of rotatable bonds is 2. The SMILES string of the molecule is Cc1noc(C)c1S(=O)(=O)N1CCCc2c(N)cccc21.Cl. The lowest BCUT2D eigenvalue weighted by Crippen LogP contribution is -2.36. The van der Waals surface area contributed by atoms with Crippen molar-refractivity contribution in [1.82, 2.24) is 5.16 Å². The molecule has 3 rings (SSSR count). The quantitative estimate of drug-likeness (QED) is 0.846. The number of nitrogen functional groups attached to an aromatic ring is 1. The molecule has 0 saturated carbocycles. The molecule has 0 saturated heterocycles. The maximum absolute atomic E-state index is 12.9. The molecule has 6 nitrogen and oxygen atoms in total. The van der Waals surface area contributed by atoms with Crippen LogP contribution in [0.3, 0.4) is 0 Å². The first-order valence-corrected chi connectivity index (χ1v) is 8.20. The van der Waals surface area contributed by atoms with E-state index in [2.05, 4.69) is 5.16 Å². The monoisotopic (exact) mass is 343 g/mol. The van der Waals surface area contributed by atoms with Crippen molar-refractivity contribution < 1.29 is 12.9 Å². The van der Waals surface area contributed by atoms with E-state index in [0.717, 1.165) is 18.4 Å². The molecule has 1 aromatic carbocycles. The number of hydrogen-bond acceptors (Lipinski definition) is 5. The number of anilines is 2. The normalized spacial score (nSPS) is 14.4. The first kappa shape index (κ1) is 16.6. The highest BCUT2D eigenvalue weighted by molar-refractivity contribution is 7.93. The first-order chi connectivity index (χ1) is 9.93. The summed E-state index contributed by atoms with van der Waals surface area (Å²) in [7, 11) is -3.69. The van der Waals surface area contributed by atoms with E-state index in [4.69, 9.17) is 10.3 Å². The summed E-state index contributed by atoms with van der Waals surface area (Å²) < 4.78 is 32.3. The number of nitrogens with zero attached hydrogens (tertiary/aromatic N) is 2. The Morgan fingerprint density at radius 2 is 2.05 bits per heavy atom. The standard InChI is InChI=1S/C14H17N3O3S.ClH/c1-9-14(10(2)20-16-9)21(18,19)17-8-4-5-11-12(15)6-3-7-13(11)17;/h3,6-7H,4-5,8,15H2,1-2H3;1H. The Bertz CT molecular complexity index is 782. The number of nitrogens with two attached hydrogens (primary N) is 1. The highest BCUT2D eigenvalue weighted by atomic mass is 35.5. The van der Waals surface area contributed by atoms with Gasteiger partial charge in [0.25, 0.3) is 10.0 Å². The molecule has 8 heteroatoms. The zero-order valence-corrected chi connectivity index (χ0v) is 14.0. The largest absolute Gasteiger partial charge is 0.398 e. The Balaban J connectivity index is 0.00000176. The third-order valence-electron chi connectivity index (χ3n) is 3.76. The van der Waals surface area contributed by atoms with Crippen LogP contribution in [-0.2, 0) is 16.4 Å². The molecular weight excluding hydrogens is 326 g/mol. The predicted octanol–water partition coefficient (Wildman–Crippen LogP) is 2.44. The number of hydrogen-bond donors (Lipinski definition) is 1. The van der Waals surface area contributed by atoms with Gasteiger partial charge in [-0.05, 0) is 44.4 Å². The molecule has 0 aliphatic carbocycles. The van der Waals surface area contributed by atoms with E-state index in [0.29, 0.717) is 29.4 Å². The van der Waals surface area contributed by atoms with Crippen molar-refractivity contribution in [3.05, 3.63) is 35.2 Å². The zero-order chi connectivity index (χ0) is 15.2. The third kappa shape index (κ3) is 2.44. The Morgan fingerprint density at radius 1 is 1.32 bits per heavy atom. The fourth-order valence-corrected chi connectivity index (χ4v) is 4.65. The second-order valence-corrected chi connectivity index (χ2v) is 6.98. The van der Waals surface area contributed by atoms with Crippen LogP contribution in [0.4, 0.5) is 11.4 Å². The molecule has 0 radical (unpaired) electrons. The Hall–Kier alpha value is -1.73. The summed E-state index contributed by atoms with van der Waals surface area (Å²) in [5.41, 5.74) is 8.52. The lowest BCUT2D eigenvalue weighted by atomic mass is 10.0. The average molecular weight is 344 g/mol. The zero-order valence-electron chi connectivity index (χ0n) is 12.4. The molecule has 0 bridgehead atoms. The predicted molar refractivity (Wildman–Crippen MR) is 86.9 cm³/mol. The van der Waals surface area contributed by atoms with Crippen LogP contribution in [0.1, 0.15) is 23.4 Å². The van der Waals surface area contributed by atoms with E-state index in [1.165, 1.54) is 4.31 Å². The molecule has 22 heavy (non-hydrogen) atoms. The van der Waals surface area contributed by atoms with Crippen LogP contribution in [0, 0.1) is 13.8 Å². The van der Waals surface area contributed by atoms with Crippen molar-refractivity contribution in [3.8, 4) is 0 Å². The van der Waals surface area contributed by atoms with Gasteiger partial charge in [-0.15, -0.1) is 12.4 Å². The van der Waals surface area contributed by atoms with Gasteiger partial charge in [0.05, 0.1) is 5.69 Å². The summed E-state index contributed by atoms with van der Waals surface area (Å²) in [6.07, 6.45) is 1.53. The minimum Gasteiger partial charge on any atom is -0.398 e. The number of aryl methyl sites for hydroxylation is 2. The smallest absolute Gasteiger partial charge is 0.269 e. The fraction of sp³-hybridized carbons (Fsp3) is 0.357. The molecule has 0 spiro atoms. The topological polar surface area (TPSA) is 89.4 Å².